The van der Waals surface area contributed by atoms with E-state index in [4.69, 9.17) is 0 Å². The lowest BCUT2D eigenvalue weighted by Crippen LogP contribution is -1.92. The predicted molar refractivity (Wildman–Crippen MR) is 58.9 cm³/mol. The van der Waals surface area contributed by atoms with Gasteiger partial charge in [0.05, 0.1) is 0 Å². The Labute approximate surface area is 80.6 Å². The molecule has 1 aromatic carbocycles. The fourth-order valence-corrected chi connectivity index (χ4v) is 1.36. The molecule has 0 bridgehead atoms. The molecule has 1 unspecified atom stereocenters. The molecule has 68 valence electrons. The highest BCUT2D eigenvalue weighted by Crippen LogP contribution is 2.21. The Bertz CT molecular complexity index is 279. The number of benzene rings is 1. The SMILES string of the molecule is C=CCC(C=C)c1ccc(C)cc1. The minimum atomic E-state index is 0.415. The van der Waals surface area contributed by atoms with E-state index in [9.17, 15) is 0 Å². The molecule has 13 heavy (non-hydrogen) atoms. The molecule has 0 N–H and O–H groups in total. The summed E-state index contributed by atoms with van der Waals surface area (Å²) in [4.78, 5) is 0. The number of allylic oxidation sites excluding steroid dienone is 2. The fourth-order valence-electron chi connectivity index (χ4n) is 1.36. The summed E-state index contributed by atoms with van der Waals surface area (Å²) < 4.78 is 0. The molecule has 0 saturated carbocycles. The van der Waals surface area contributed by atoms with Crippen molar-refractivity contribution < 1.29 is 0 Å². The van der Waals surface area contributed by atoms with Crippen LogP contribution < -0.4 is 0 Å². The van der Waals surface area contributed by atoms with E-state index in [-0.39, 0.29) is 0 Å². The maximum atomic E-state index is 3.83. The van der Waals surface area contributed by atoms with Gasteiger partial charge in [0.1, 0.15) is 0 Å². The highest BCUT2D eigenvalue weighted by atomic mass is 14.1. The average Bonchev–Trinajstić information content (AvgIpc) is 2.16. The molecular weight excluding hydrogens is 156 g/mol. The molecule has 0 spiro atoms. The number of rotatable bonds is 4. The van der Waals surface area contributed by atoms with Gasteiger partial charge in [-0.2, -0.15) is 0 Å². The van der Waals surface area contributed by atoms with Crippen LogP contribution in [0.1, 0.15) is 23.5 Å². The van der Waals surface area contributed by atoms with Gasteiger partial charge in [-0.1, -0.05) is 42.0 Å². The Hall–Kier alpha value is -1.30. The van der Waals surface area contributed by atoms with Crippen molar-refractivity contribution in [1.82, 2.24) is 0 Å². The second kappa shape index (κ2) is 4.66. The van der Waals surface area contributed by atoms with Crippen LogP contribution >= 0.6 is 0 Å². The van der Waals surface area contributed by atoms with Gasteiger partial charge in [0.15, 0.2) is 0 Å². The zero-order chi connectivity index (χ0) is 9.68. The van der Waals surface area contributed by atoms with E-state index in [0.29, 0.717) is 5.92 Å². The van der Waals surface area contributed by atoms with Gasteiger partial charge in [0.2, 0.25) is 0 Å². The summed E-state index contributed by atoms with van der Waals surface area (Å²) in [5.74, 6) is 0.415. The standard InChI is InChI=1S/C13H16/c1-4-6-12(5-2)13-9-7-11(3)8-10-13/h4-5,7-10,12H,1-2,6H2,3H3. The van der Waals surface area contributed by atoms with E-state index in [0.717, 1.165) is 6.42 Å². The third-order valence-corrected chi connectivity index (χ3v) is 2.21. The smallest absolute Gasteiger partial charge is 0.00497 e. The van der Waals surface area contributed by atoms with Crippen LogP contribution in [0.2, 0.25) is 0 Å². The van der Waals surface area contributed by atoms with Gasteiger partial charge >= 0.3 is 0 Å². The van der Waals surface area contributed by atoms with Crippen LogP contribution in [0.4, 0.5) is 0 Å². The second-order valence-electron chi connectivity index (χ2n) is 3.28. The molecule has 0 heterocycles. The zero-order valence-corrected chi connectivity index (χ0v) is 8.16. The van der Waals surface area contributed by atoms with E-state index in [1.165, 1.54) is 11.1 Å². The summed E-state index contributed by atoms with van der Waals surface area (Å²) in [5, 5.41) is 0. The molecular formula is C13H16. The Morgan fingerprint density at radius 3 is 2.31 bits per heavy atom. The third kappa shape index (κ3) is 2.59. The molecule has 0 saturated heterocycles. The number of hydrogen-bond donors (Lipinski definition) is 0. The van der Waals surface area contributed by atoms with Crippen molar-refractivity contribution in [1.29, 1.82) is 0 Å². The van der Waals surface area contributed by atoms with E-state index >= 15 is 0 Å². The minimum absolute atomic E-state index is 0.415. The zero-order valence-electron chi connectivity index (χ0n) is 8.16. The monoisotopic (exact) mass is 172 g/mol. The van der Waals surface area contributed by atoms with Crippen LogP contribution in [0.15, 0.2) is 49.6 Å². The Balaban J connectivity index is 2.84. The van der Waals surface area contributed by atoms with Crippen molar-refractivity contribution in [2.45, 2.75) is 19.3 Å². The molecule has 0 nitrogen and oxygen atoms in total. The predicted octanol–water partition coefficient (Wildman–Crippen LogP) is 3.84. The third-order valence-electron chi connectivity index (χ3n) is 2.21. The molecule has 0 fully saturated rings. The number of aryl methyl sites for hydroxylation is 1. The van der Waals surface area contributed by atoms with Crippen LogP contribution in [-0.2, 0) is 0 Å². The first-order valence-electron chi connectivity index (χ1n) is 4.58. The molecule has 0 radical (unpaired) electrons. The molecule has 0 aliphatic carbocycles. The maximum absolute atomic E-state index is 3.83. The Morgan fingerprint density at radius 1 is 1.23 bits per heavy atom. The number of hydrogen-bond acceptors (Lipinski definition) is 0. The van der Waals surface area contributed by atoms with Gasteiger partial charge in [0.25, 0.3) is 0 Å². The molecule has 1 atom stereocenters. The summed E-state index contributed by atoms with van der Waals surface area (Å²) in [7, 11) is 0. The van der Waals surface area contributed by atoms with E-state index in [1.807, 2.05) is 12.2 Å². The summed E-state index contributed by atoms with van der Waals surface area (Å²) in [6.07, 6.45) is 4.88. The largest absolute Gasteiger partial charge is 0.103 e. The van der Waals surface area contributed by atoms with Crippen molar-refractivity contribution in [2.75, 3.05) is 0 Å². The van der Waals surface area contributed by atoms with E-state index in [1.54, 1.807) is 0 Å². The van der Waals surface area contributed by atoms with Crippen LogP contribution in [0.25, 0.3) is 0 Å². The highest BCUT2D eigenvalue weighted by molar-refractivity contribution is 5.27. The topological polar surface area (TPSA) is 0 Å². The van der Waals surface area contributed by atoms with Crippen molar-refractivity contribution in [2.24, 2.45) is 0 Å². The van der Waals surface area contributed by atoms with Crippen molar-refractivity contribution in [3.8, 4) is 0 Å². The molecule has 0 aliphatic rings. The normalized spacial score (nSPS) is 12.1. The lowest BCUT2D eigenvalue weighted by atomic mass is 9.95. The molecule has 0 aliphatic heterocycles. The molecule has 1 aromatic rings. The van der Waals surface area contributed by atoms with Gasteiger partial charge in [-0.05, 0) is 18.9 Å². The first-order valence-corrected chi connectivity index (χ1v) is 4.58. The van der Waals surface area contributed by atoms with E-state index in [2.05, 4.69) is 44.3 Å². The quantitative estimate of drug-likeness (QED) is 0.605. The molecule has 1 rings (SSSR count). The van der Waals surface area contributed by atoms with Crippen molar-refractivity contribution in [3.63, 3.8) is 0 Å². The van der Waals surface area contributed by atoms with Crippen LogP contribution in [0, 0.1) is 6.92 Å². The maximum Gasteiger partial charge on any atom is 0.00497 e. The van der Waals surface area contributed by atoms with Gasteiger partial charge in [-0.15, -0.1) is 13.2 Å². The lowest BCUT2D eigenvalue weighted by Gasteiger charge is -2.10. The van der Waals surface area contributed by atoms with Gasteiger partial charge in [0, 0.05) is 5.92 Å². The van der Waals surface area contributed by atoms with Gasteiger partial charge in [-0.3, -0.25) is 0 Å². The summed E-state index contributed by atoms with van der Waals surface area (Å²) in [6, 6.07) is 8.58. The second-order valence-corrected chi connectivity index (χ2v) is 3.28. The fraction of sp³-hybridized carbons (Fsp3) is 0.231. The molecule has 0 heteroatoms. The highest BCUT2D eigenvalue weighted by Gasteiger charge is 2.03. The Morgan fingerprint density at radius 2 is 1.85 bits per heavy atom. The lowest BCUT2D eigenvalue weighted by molar-refractivity contribution is 0.867. The first kappa shape index (κ1) is 9.79. The van der Waals surface area contributed by atoms with Crippen molar-refractivity contribution >= 4 is 0 Å². The first-order chi connectivity index (χ1) is 6.27. The van der Waals surface area contributed by atoms with Crippen LogP contribution in [0.3, 0.4) is 0 Å². The molecule has 0 amide bonds. The van der Waals surface area contributed by atoms with Gasteiger partial charge in [-0.25, -0.2) is 0 Å². The summed E-state index contributed by atoms with van der Waals surface area (Å²) >= 11 is 0. The average molecular weight is 172 g/mol. The summed E-state index contributed by atoms with van der Waals surface area (Å²) in [6.45, 7) is 9.67. The van der Waals surface area contributed by atoms with E-state index < -0.39 is 0 Å². The molecule has 0 aromatic heterocycles. The van der Waals surface area contributed by atoms with Crippen LogP contribution in [0.5, 0.6) is 0 Å². The summed E-state index contributed by atoms with van der Waals surface area (Å²) in [5.41, 5.74) is 2.62. The minimum Gasteiger partial charge on any atom is -0.103 e. The Kier molecular flexibility index (Phi) is 3.51. The van der Waals surface area contributed by atoms with Crippen LogP contribution in [-0.4, -0.2) is 0 Å². The van der Waals surface area contributed by atoms with Crippen molar-refractivity contribution in [3.05, 3.63) is 60.7 Å². The van der Waals surface area contributed by atoms with Gasteiger partial charge < -0.3 is 0 Å².